The van der Waals surface area contributed by atoms with Crippen molar-refractivity contribution in [1.29, 1.82) is 0 Å². The summed E-state index contributed by atoms with van der Waals surface area (Å²) in [5.41, 5.74) is 0. The molecule has 3 fully saturated rings. The number of esters is 3. The van der Waals surface area contributed by atoms with Crippen LogP contribution in [0.15, 0.2) is 0 Å². The molecule has 0 amide bonds. The molecule has 0 aromatic heterocycles. The summed E-state index contributed by atoms with van der Waals surface area (Å²) in [6.45, 7) is 0.132. The minimum absolute atomic E-state index is 0.132. The molecule has 74 valence electrons. The predicted octanol–water partition coefficient (Wildman–Crippen LogP) is -1.37. The molecule has 0 aliphatic carbocycles. The van der Waals surface area contributed by atoms with E-state index in [-0.39, 0.29) is 12.5 Å². The molecule has 4 unspecified atom stereocenters. The van der Waals surface area contributed by atoms with E-state index in [1.807, 2.05) is 0 Å². The SMILES string of the molecule is O=C1OCC2C1OC1C(=O)OC(=O)C12. The van der Waals surface area contributed by atoms with Crippen molar-refractivity contribution in [2.75, 3.05) is 6.61 Å². The lowest BCUT2D eigenvalue weighted by Crippen LogP contribution is -2.25. The summed E-state index contributed by atoms with van der Waals surface area (Å²) < 4.78 is 14.3. The molecule has 3 aliphatic rings. The van der Waals surface area contributed by atoms with Gasteiger partial charge in [0.25, 0.3) is 0 Å². The highest BCUT2D eigenvalue weighted by Crippen LogP contribution is 2.41. The summed E-state index contributed by atoms with van der Waals surface area (Å²) in [4.78, 5) is 33.4. The van der Waals surface area contributed by atoms with Gasteiger partial charge < -0.3 is 14.2 Å². The van der Waals surface area contributed by atoms with Crippen molar-refractivity contribution in [2.45, 2.75) is 12.2 Å². The van der Waals surface area contributed by atoms with Crippen LogP contribution in [0.3, 0.4) is 0 Å². The van der Waals surface area contributed by atoms with E-state index in [2.05, 4.69) is 4.74 Å². The smallest absolute Gasteiger partial charge is 0.343 e. The van der Waals surface area contributed by atoms with Crippen molar-refractivity contribution in [3.8, 4) is 0 Å². The lowest BCUT2D eigenvalue weighted by molar-refractivity contribution is -0.159. The third-order valence-corrected chi connectivity index (χ3v) is 2.83. The van der Waals surface area contributed by atoms with Crippen molar-refractivity contribution >= 4 is 17.9 Å². The van der Waals surface area contributed by atoms with Gasteiger partial charge in [0.2, 0.25) is 0 Å². The zero-order chi connectivity index (χ0) is 9.87. The van der Waals surface area contributed by atoms with Crippen molar-refractivity contribution in [1.82, 2.24) is 0 Å². The number of carbonyl (C=O) groups excluding carboxylic acids is 3. The highest BCUT2D eigenvalue weighted by Gasteiger charge is 2.62. The Balaban J connectivity index is 1.97. The number of hydrogen-bond acceptors (Lipinski definition) is 6. The van der Waals surface area contributed by atoms with Crippen LogP contribution in [0.2, 0.25) is 0 Å². The monoisotopic (exact) mass is 198 g/mol. The Morgan fingerprint density at radius 1 is 1.00 bits per heavy atom. The van der Waals surface area contributed by atoms with Crippen LogP contribution >= 0.6 is 0 Å². The lowest BCUT2D eigenvalue weighted by atomic mass is 9.90. The van der Waals surface area contributed by atoms with E-state index in [0.29, 0.717) is 0 Å². The highest BCUT2D eigenvalue weighted by atomic mass is 16.6. The van der Waals surface area contributed by atoms with Gasteiger partial charge in [-0.3, -0.25) is 4.79 Å². The molecule has 3 heterocycles. The second kappa shape index (κ2) is 2.33. The minimum Gasteiger partial charge on any atom is -0.463 e. The van der Waals surface area contributed by atoms with Crippen LogP contribution in [-0.2, 0) is 28.6 Å². The molecule has 0 aromatic carbocycles. The van der Waals surface area contributed by atoms with Gasteiger partial charge in [-0.15, -0.1) is 0 Å². The molecule has 14 heavy (non-hydrogen) atoms. The Morgan fingerprint density at radius 3 is 2.57 bits per heavy atom. The summed E-state index contributed by atoms with van der Waals surface area (Å²) in [6, 6.07) is 0. The Bertz CT molecular complexity index is 348. The second-order valence-corrected chi connectivity index (χ2v) is 3.54. The van der Waals surface area contributed by atoms with E-state index in [4.69, 9.17) is 9.47 Å². The number of rotatable bonds is 0. The first-order chi connectivity index (χ1) is 6.68. The maximum Gasteiger partial charge on any atom is 0.343 e. The molecular formula is C8H6O6. The molecule has 0 spiro atoms. The maximum atomic E-state index is 11.2. The second-order valence-electron chi connectivity index (χ2n) is 3.54. The fourth-order valence-electron chi connectivity index (χ4n) is 2.16. The van der Waals surface area contributed by atoms with Gasteiger partial charge >= 0.3 is 17.9 Å². The number of hydrogen-bond donors (Lipinski definition) is 0. The van der Waals surface area contributed by atoms with Crippen molar-refractivity contribution < 1.29 is 28.6 Å². The van der Waals surface area contributed by atoms with E-state index in [9.17, 15) is 14.4 Å². The van der Waals surface area contributed by atoms with Crippen LogP contribution in [0.1, 0.15) is 0 Å². The lowest BCUT2D eigenvalue weighted by Gasteiger charge is -2.05. The normalized spacial score (nSPS) is 44.7. The van der Waals surface area contributed by atoms with Crippen molar-refractivity contribution in [3.05, 3.63) is 0 Å². The van der Waals surface area contributed by atoms with E-state index >= 15 is 0 Å². The van der Waals surface area contributed by atoms with E-state index in [1.54, 1.807) is 0 Å². The number of cyclic esters (lactones) is 3. The van der Waals surface area contributed by atoms with Crippen LogP contribution < -0.4 is 0 Å². The number of carbonyl (C=O) groups is 3. The first-order valence-electron chi connectivity index (χ1n) is 4.26. The van der Waals surface area contributed by atoms with Gasteiger partial charge in [0, 0.05) is 5.92 Å². The van der Waals surface area contributed by atoms with Gasteiger partial charge in [-0.2, -0.15) is 0 Å². The molecule has 4 atom stereocenters. The van der Waals surface area contributed by atoms with Gasteiger partial charge in [-0.05, 0) is 0 Å². The van der Waals surface area contributed by atoms with Gasteiger partial charge in [0.05, 0.1) is 6.61 Å². The number of fused-ring (bicyclic) bond motifs is 3. The summed E-state index contributed by atoms with van der Waals surface area (Å²) in [5, 5.41) is 0. The summed E-state index contributed by atoms with van der Waals surface area (Å²) in [5.74, 6) is -2.80. The average molecular weight is 198 g/mol. The standard InChI is InChI=1S/C8H6O6/c9-6-3-2-1-12-7(10)4(2)13-5(3)8(11)14-6/h2-5H,1H2. The van der Waals surface area contributed by atoms with Crippen molar-refractivity contribution in [2.24, 2.45) is 11.8 Å². The van der Waals surface area contributed by atoms with Crippen LogP contribution in [0, 0.1) is 11.8 Å². The third-order valence-electron chi connectivity index (χ3n) is 2.83. The van der Waals surface area contributed by atoms with Gasteiger partial charge in [0.15, 0.2) is 12.2 Å². The third kappa shape index (κ3) is 0.765. The molecule has 0 radical (unpaired) electrons. The van der Waals surface area contributed by atoms with Crippen LogP contribution in [0.25, 0.3) is 0 Å². The molecule has 3 saturated heterocycles. The molecule has 6 nitrogen and oxygen atoms in total. The zero-order valence-corrected chi connectivity index (χ0v) is 6.97. The maximum absolute atomic E-state index is 11.2. The van der Waals surface area contributed by atoms with Gasteiger partial charge in [-0.25, -0.2) is 9.59 Å². The fourth-order valence-corrected chi connectivity index (χ4v) is 2.16. The Labute approximate surface area is 78.1 Å². The van der Waals surface area contributed by atoms with E-state index in [1.165, 1.54) is 0 Å². The minimum atomic E-state index is -0.898. The van der Waals surface area contributed by atoms with Crippen molar-refractivity contribution in [3.63, 3.8) is 0 Å². The largest absolute Gasteiger partial charge is 0.463 e. The van der Waals surface area contributed by atoms with Gasteiger partial charge in [-0.1, -0.05) is 0 Å². The van der Waals surface area contributed by atoms with Crippen LogP contribution in [-0.4, -0.2) is 36.7 Å². The van der Waals surface area contributed by atoms with Crippen LogP contribution in [0.5, 0.6) is 0 Å². The molecule has 0 aromatic rings. The van der Waals surface area contributed by atoms with Gasteiger partial charge in [0.1, 0.15) is 5.92 Å². The summed E-state index contributed by atoms with van der Waals surface area (Å²) in [6.07, 6.45) is -1.66. The molecule has 0 saturated carbocycles. The Hall–Kier alpha value is -1.43. The van der Waals surface area contributed by atoms with E-state index < -0.39 is 36.0 Å². The fraction of sp³-hybridized carbons (Fsp3) is 0.625. The molecule has 3 aliphatic heterocycles. The number of ether oxygens (including phenoxy) is 3. The topological polar surface area (TPSA) is 78.9 Å². The van der Waals surface area contributed by atoms with E-state index in [0.717, 1.165) is 0 Å². The summed E-state index contributed by atoms with van der Waals surface area (Å²) in [7, 11) is 0. The van der Waals surface area contributed by atoms with Crippen LogP contribution in [0.4, 0.5) is 0 Å². The molecule has 6 heteroatoms. The zero-order valence-electron chi connectivity index (χ0n) is 6.97. The molecule has 0 N–H and O–H groups in total. The quantitative estimate of drug-likeness (QED) is 0.353. The average Bonchev–Trinajstić information content (AvgIpc) is 2.71. The first kappa shape index (κ1) is 7.93. The highest BCUT2D eigenvalue weighted by molar-refractivity contribution is 6.00. The summed E-state index contributed by atoms with van der Waals surface area (Å²) >= 11 is 0. The predicted molar refractivity (Wildman–Crippen MR) is 37.7 cm³/mol. The molecular weight excluding hydrogens is 192 g/mol. The molecule has 0 bridgehead atoms. The first-order valence-corrected chi connectivity index (χ1v) is 4.26. The molecule has 3 rings (SSSR count). The Morgan fingerprint density at radius 2 is 1.79 bits per heavy atom. The Kier molecular flexibility index (Phi) is 1.32.